The number of hydrogen-bond donors (Lipinski definition) is 2. The van der Waals surface area contributed by atoms with Gasteiger partial charge >= 0.3 is 0 Å². The number of nitrogens with one attached hydrogen (secondary N) is 2. The van der Waals surface area contributed by atoms with Gasteiger partial charge < -0.3 is 9.88 Å². The van der Waals surface area contributed by atoms with Crippen LogP contribution in [-0.2, 0) is 5.41 Å². The molecule has 11 rings (SSSR count). The monoisotopic (exact) mass is 755 g/mol. The highest BCUT2D eigenvalue weighted by Crippen LogP contribution is 2.63. The third kappa shape index (κ3) is 5.51. The summed E-state index contributed by atoms with van der Waals surface area (Å²) in [6.45, 7) is 0. The van der Waals surface area contributed by atoms with Crippen LogP contribution in [-0.4, -0.2) is 15.8 Å². The molecule has 0 saturated heterocycles. The van der Waals surface area contributed by atoms with E-state index in [2.05, 4.69) is 155 Å². The van der Waals surface area contributed by atoms with Gasteiger partial charge in [-0.05, 0) is 92.5 Å². The fraction of sp³-hybridized carbons (Fsp3) is 0.0185. The first-order valence-corrected chi connectivity index (χ1v) is 19.9. The van der Waals surface area contributed by atoms with Crippen molar-refractivity contribution in [1.29, 1.82) is 5.41 Å². The quantitative estimate of drug-likeness (QED) is 0.136. The fourth-order valence-electron chi connectivity index (χ4n) is 9.18. The van der Waals surface area contributed by atoms with E-state index < -0.39 is 5.41 Å². The molecule has 7 aromatic carbocycles. The van der Waals surface area contributed by atoms with Crippen LogP contribution in [0.2, 0.25) is 0 Å². The number of hydrogen-bond acceptors (Lipinski definition) is 3. The molecule has 5 heteroatoms. The van der Waals surface area contributed by atoms with E-state index in [0.29, 0.717) is 5.49 Å². The summed E-state index contributed by atoms with van der Waals surface area (Å²) < 4.78 is 0. The summed E-state index contributed by atoms with van der Waals surface area (Å²) in [6.07, 6.45) is 3.90. The average molecular weight is 756 g/mol. The average Bonchev–Trinajstić information content (AvgIpc) is 3.60. The van der Waals surface area contributed by atoms with Gasteiger partial charge in [0.25, 0.3) is 0 Å². The highest BCUT2D eigenvalue weighted by molar-refractivity contribution is 5.98. The lowest BCUT2D eigenvalue weighted by Gasteiger charge is -2.44. The van der Waals surface area contributed by atoms with Gasteiger partial charge in [0, 0.05) is 34.8 Å². The third-order valence-electron chi connectivity index (χ3n) is 11.8. The molecule has 5 nitrogen and oxygen atoms in total. The molecule has 0 atom stereocenters. The molecule has 9 aromatic rings. The summed E-state index contributed by atoms with van der Waals surface area (Å²) in [7, 11) is 0. The van der Waals surface area contributed by atoms with Gasteiger partial charge in [-0.15, -0.1) is 0 Å². The molecule has 0 radical (unpaired) electrons. The molecule has 1 spiro atoms. The maximum atomic E-state index is 9.14. The number of nitrogens with zero attached hydrogens (tertiary/aromatic N) is 3. The highest BCUT2D eigenvalue weighted by atomic mass is 15.2. The zero-order valence-corrected chi connectivity index (χ0v) is 32.0. The lowest BCUT2D eigenvalue weighted by Crippen LogP contribution is -2.36. The zero-order valence-electron chi connectivity index (χ0n) is 32.0. The topological polar surface area (TPSA) is 68.1 Å². The van der Waals surface area contributed by atoms with Gasteiger partial charge in [0.2, 0.25) is 0 Å². The minimum atomic E-state index is -0.635. The van der Waals surface area contributed by atoms with Gasteiger partial charge in [-0.2, -0.15) is 0 Å². The Morgan fingerprint density at radius 1 is 0.492 bits per heavy atom. The minimum absolute atomic E-state index is 0.185. The Balaban J connectivity index is 1.01. The summed E-state index contributed by atoms with van der Waals surface area (Å²) in [6, 6.07) is 70.2. The number of rotatable bonds is 5. The van der Waals surface area contributed by atoms with Crippen LogP contribution in [0, 0.1) is 5.41 Å². The number of amidine groups is 1. The molecule has 2 aromatic heterocycles. The van der Waals surface area contributed by atoms with Gasteiger partial charge in [0.15, 0.2) is 5.84 Å². The predicted molar refractivity (Wildman–Crippen MR) is 239 cm³/mol. The molecule has 0 unspecified atom stereocenters. The van der Waals surface area contributed by atoms with Gasteiger partial charge in [-0.25, -0.2) is 4.99 Å². The van der Waals surface area contributed by atoms with E-state index in [0.717, 1.165) is 67.3 Å². The van der Waals surface area contributed by atoms with Crippen molar-refractivity contribution in [3.63, 3.8) is 0 Å². The van der Waals surface area contributed by atoms with Crippen LogP contribution in [0.1, 0.15) is 27.9 Å². The van der Waals surface area contributed by atoms with Crippen LogP contribution in [0.3, 0.4) is 0 Å². The second kappa shape index (κ2) is 13.9. The molecule has 2 N–H and O–H groups in total. The van der Waals surface area contributed by atoms with Crippen molar-refractivity contribution >= 4 is 22.9 Å². The van der Waals surface area contributed by atoms with E-state index in [-0.39, 0.29) is 5.84 Å². The fourth-order valence-corrected chi connectivity index (χ4v) is 9.18. The molecule has 0 amide bonds. The van der Waals surface area contributed by atoms with E-state index in [4.69, 9.17) is 15.4 Å². The molecular formula is C54H37N5. The number of aromatic amines is 1. The smallest absolute Gasteiger partial charge is 0.154 e. The predicted octanol–water partition coefficient (Wildman–Crippen LogP) is 12.5. The van der Waals surface area contributed by atoms with E-state index >= 15 is 0 Å². The SMILES string of the molecule is N=C(N=c1[nH]cc(-c2ccccc2)cc1-c1ccccc1)c1ccc(-c2ccc3c(c2)C2(c4ccccc4N(c4ccccc4)c4ccccc42)c2ncccc2-3)cc1. The van der Waals surface area contributed by atoms with E-state index in [1.165, 1.54) is 22.3 Å². The molecule has 3 heterocycles. The van der Waals surface area contributed by atoms with Gasteiger partial charge in [-0.1, -0.05) is 158 Å². The first-order chi connectivity index (χ1) is 29.2. The standard InChI is InChI=1S/C54H37N5/c55-52(58-53-45(38-17-6-2-7-18-38)33-41(35-57-53)36-15-4-1-5-16-36)39-28-26-37(27-29-39)40-30-31-43-44-21-14-32-56-51(44)54(48(43)34-40)46-22-10-12-24-49(46)59(42-19-8-3-9-20-42)50-25-13-11-23-47(50)54/h1-35H,(H2,55,57,58). The number of benzene rings is 7. The number of H-pyrrole nitrogens is 1. The van der Waals surface area contributed by atoms with Crippen molar-refractivity contribution in [2.45, 2.75) is 5.41 Å². The van der Waals surface area contributed by atoms with Crippen LogP contribution in [0.5, 0.6) is 0 Å². The van der Waals surface area contributed by atoms with E-state index in [9.17, 15) is 0 Å². The number of aromatic nitrogens is 2. The molecular weight excluding hydrogens is 719 g/mol. The highest BCUT2D eigenvalue weighted by Gasteiger charge is 2.52. The minimum Gasteiger partial charge on any atom is -0.345 e. The largest absolute Gasteiger partial charge is 0.345 e. The Morgan fingerprint density at radius 3 is 1.78 bits per heavy atom. The van der Waals surface area contributed by atoms with Gasteiger partial charge in [-0.3, -0.25) is 10.4 Å². The normalized spacial score (nSPS) is 13.4. The van der Waals surface area contributed by atoms with Crippen LogP contribution in [0.25, 0.3) is 44.5 Å². The van der Waals surface area contributed by atoms with Crippen molar-refractivity contribution in [2.24, 2.45) is 4.99 Å². The van der Waals surface area contributed by atoms with Crippen molar-refractivity contribution in [3.05, 3.63) is 246 Å². The first kappa shape index (κ1) is 34.4. The van der Waals surface area contributed by atoms with E-state index in [1.54, 1.807) is 0 Å². The Bertz CT molecular complexity index is 3070. The zero-order chi connectivity index (χ0) is 39.3. The summed E-state index contributed by atoms with van der Waals surface area (Å²) in [5.41, 5.74) is 17.5. The van der Waals surface area contributed by atoms with Crippen LogP contribution < -0.4 is 10.4 Å². The number of fused-ring (bicyclic) bond motifs is 9. The van der Waals surface area contributed by atoms with Crippen molar-refractivity contribution < 1.29 is 0 Å². The van der Waals surface area contributed by atoms with Gasteiger partial charge in [0.1, 0.15) is 5.49 Å². The number of anilines is 3. The second-order valence-corrected chi connectivity index (χ2v) is 15.0. The van der Waals surface area contributed by atoms with Gasteiger partial charge in [0.05, 0.1) is 22.5 Å². The maximum Gasteiger partial charge on any atom is 0.154 e. The second-order valence-electron chi connectivity index (χ2n) is 15.0. The summed E-state index contributed by atoms with van der Waals surface area (Å²) in [5.74, 6) is 0.185. The Morgan fingerprint density at radius 2 is 1.08 bits per heavy atom. The molecule has 1 aliphatic heterocycles. The van der Waals surface area contributed by atoms with Crippen molar-refractivity contribution in [2.75, 3.05) is 4.90 Å². The van der Waals surface area contributed by atoms with Crippen molar-refractivity contribution in [1.82, 2.24) is 9.97 Å². The third-order valence-corrected chi connectivity index (χ3v) is 11.8. The summed E-state index contributed by atoms with van der Waals surface area (Å²) >= 11 is 0. The lowest BCUT2D eigenvalue weighted by atomic mass is 9.66. The summed E-state index contributed by atoms with van der Waals surface area (Å²) in [4.78, 5) is 15.9. The van der Waals surface area contributed by atoms with Crippen LogP contribution in [0.15, 0.2) is 218 Å². The molecule has 0 bridgehead atoms. The molecule has 0 fully saturated rings. The molecule has 0 saturated carbocycles. The van der Waals surface area contributed by atoms with Crippen molar-refractivity contribution in [3.8, 4) is 44.5 Å². The Hall–Kier alpha value is -7.89. The van der Waals surface area contributed by atoms with Crippen LogP contribution >= 0.6 is 0 Å². The molecule has 1 aliphatic carbocycles. The number of pyridine rings is 2. The first-order valence-electron chi connectivity index (χ1n) is 19.9. The summed E-state index contributed by atoms with van der Waals surface area (Å²) in [5, 5.41) is 9.14. The molecule has 2 aliphatic rings. The lowest BCUT2D eigenvalue weighted by molar-refractivity contribution is 0.725. The molecule has 278 valence electrons. The Kier molecular flexibility index (Phi) is 8.12. The Labute approximate surface area is 342 Å². The maximum absolute atomic E-state index is 9.14. The van der Waals surface area contributed by atoms with Crippen LogP contribution in [0.4, 0.5) is 17.1 Å². The molecule has 59 heavy (non-hydrogen) atoms. The number of para-hydroxylation sites is 3. The van der Waals surface area contributed by atoms with E-state index in [1.807, 2.05) is 67.0 Å².